The number of aliphatic hydroxyl groups excluding tert-OH is 1. The zero-order valence-corrected chi connectivity index (χ0v) is 34.1. The number of allylic oxidation sites excluding steroid dienone is 4. The number of benzene rings is 2. The Morgan fingerprint density at radius 3 is 2.42 bits per heavy atom. The molecule has 4 aliphatic rings. The van der Waals surface area contributed by atoms with Gasteiger partial charge in [0.15, 0.2) is 18.1 Å². The zero-order valence-electron chi connectivity index (χ0n) is 34.1. The lowest BCUT2D eigenvalue weighted by Crippen LogP contribution is -2.69. The second-order valence-corrected chi connectivity index (χ2v) is 17.4. The number of likely N-dealkylation sites (N-methyl/N-ethyl adjacent to an activating group) is 1. The van der Waals surface area contributed by atoms with Crippen LogP contribution in [0.15, 0.2) is 84.7 Å². The number of carbonyl (C=O) groups is 5. The van der Waals surface area contributed by atoms with Gasteiger partial charge in [-0.15, -0.1) is 0 Å². The van der Waals surface area contributed by atoms with Crippen LogP contribution in [0, 0.1) is 28.6 Å². The quantitative estimate of drug-likeness (QED) is 0.190. The molecule has 0 aliphatic heterocycles. The summed E-state index contributed by atoms with van der Waals surface area (Å²) in [5.41, 5.74) is -3.82. The average molecular weight is 810 g/mol. The molecule has 3 saturated carbocycles. The molecule has 0 unspecified atom stereocenters. The van der Waals surface area contributed by atoms with Gasteiger partial charge in [-0.2, -0.15) is 0 Å². The second kappa shape index (κ2) is 15.8. The van der Waals surface area contributed by atoms with E-state index in [-0.39, 0.29) is 37.6 Å². The molecule has 3 fully saturated rings. The summed E-state index contributed by atoms with van der Waals surface area (Å²) >= 11 is 0. The largest absolute Gasteiger partial charge is 0.461 e. The highest BCUT2D eigenvalue weighted by molar-refractivity contribution is 6.01. The first-order chi connectivity index (χ1) is 27.9. The van der Waals surface area contributed by atoms with Crippen LogP contribution < -0.4 is 5.32 Å². The van der Waals surface area contributed by atoms with Crippen LogP contribution in [0.3, 0.4) is 0 Å². The number of Topliss-reactive ketones (excluding diaryl/α,β-unsaturated/α-hetero) is 1. The van der Waals surface area contributed by atoms with Crippen molar-refractivity contribution in [2.24, 2.45) is 28.6 Å². The number of aromatic nitrogens is 1. The van der Waals surface area contributed by atoms with Crippen LogP contribution in [0.4, 0.5) is 10.1 Å². The fourth-order valence-electron chi connectivity index (χ4n) is 10.8. The number of nitrogens with one attached hydrogen (secondary N) is 1. The van der Waals surface area contributed by atoms with E-state index < -0.39 is 76.3 Å². The van der Waals surface area contributed by atoms with Gasteiger partial charge in [0, 0.05) is 40.2 Å². The number of ketones is 2. The van der Waals surface area contributed by atoms with Crippen LogP contribution in [0.5, 0.6) is 0 Å². The summed E-state index contributed by atoms with van der Waals surface area (Å²) in [5.74, 6) is -4.41. The molecule has 312 valence electrons. The monoisotopic (exact) mass is 809 g/mol. The number of carbonyl (C=O) groups excluding carboxylic acids is 5. The highest BCUT2D eigenvalue weighted by Gasteiger charge is 2.75. The molecule has 12 nitrogen and oxygen atoms in total. The summed E-state index contributed by atoms with van der Waals surface area (Å²) in [6, 6.07) is 14.0. The number of amides is 1. The summed E-state index contributed by atoms with van der Waals surface area (Å²) in [6.07, 6.45) is 6.57. The molecular weight excluding hydrogens is 758 g/mol. The van der Waals surface area contributed by atoms with Crippen molar-refractivity contribution in [3.63, 3.8) is 0 Å². The predicted molar refractivity (Wildman–Crippen MR) is 216 cm³/mol. The lowest BCUT2D eigenvalue weighted by Gasteiger charge is -2.62. The smallest absolute Gasteiger partial charge is 0.306 e. The van der Waals surface area contributed by atoms with Crippen molar-refractivity contribution in [2.75, 3.05) is 26.0 Å². The van der Waals surface area contributed by atoms with Gasteiger partial charge in [-0.1, -0.05) is 55.8 Å². The van der Waals surface area contributed by atoms with E-state index in [0.717, 1.165) is 16.3 Å². The van der Waals surface area contributed by atoms with Gasteiger partial charge in [0.05, 0.1) is 18.9 Å². The molecule has 59 heavy (non-hydrogen) atoms. The van der Waals surface area contributed by atoms with Gasteiger partial charge in [0.2, 0.25) is 11.7 Å². The molecule has 0 saturated heterocycles. The van der Waals surface area contributed by atoms with Crippen LogP contribution in [0.25, 0.3) is 10.8 Å². The maximum absolute atomic E-state index is 17.5. The van der Waals surface area contributed by atoms with Crippen LogP contribution in [-0.2, 0) is 40.1 Å². The number of esters is 2. The maximum atomic E-state index is 17.5. The Balaban J connectivity index is 0.898. The van der Waals surface area contributed by atoms with E-state index in [1.165, 1.54) is 12.2 Å². The molecule has 3 aromatic rings. The highest BCUT2D eigenvalue weighted by Crippen LogP contribution is 2.70. The van der Waals surface area contributed by atoms with Gasteiger partial charge in [-0.25, -0.2) is 4.39 Å². The first kappa shape index (κ1) is 42.0. The number of anilines is 1. The molecule has 0 spiro atoms. The molecule has 3 N–H and O–H groups in total. The normalized spacial score (nSPS) is 31.4. The third kappa shape index (κ3) is 7.20. The van der Waals surface area contributed by atoms with Crippen molar-refractivity contribution in [1.82, 2.24) is 9.88 Å². The van der Waals surface area contributed by atoms with E-state index in [1.807, 2.05) is 38.4 Å². The van der Waals surface area contributed by atoms with Crippen molar-refractivity contribution in [2.45, 2.75) is 89.3 Å². The molecule has 9 atom stereocenters. The third-order valence-corrected chi connectivity index (χ3v) is 13.9. The topological polar surface area (TPSA) is 172 Å². The number of hydrogen-bond donors (Lipinski definition) is 3. The Hall–Kier alpha value is -5.11. The Morgan fingerprint density at radius 1 is 1.00 bits per heavy atom. The molecule has 7 rings (SSSR count). The fourth-order valence-corrected chi connectivity index (χ4v) is 10.8. The highest BCUT2D eigenvalue weighted by atomic mass is 19.1. The molecule has 1 heterocycles. The lowest BCUT2D eigenvalue weighted by atomic mass is 9.44. The molecule has 2 aromatic carbocycles. The summed E-state index contributed by atoms with van der Waals surface area (Å²) in [4.78, 5) is 70.5. The SMILES string of the molecule is C[C@@H]1C[C@H]2[C@@H]3CCC4=CC(=O)C=C[C@]4(C)[C@@]3(F)[C@@H](O)C[C@]2(C)[C@@]1(O)C(=O)COC(=O)CCC(=O)OCc1ccc([C@H](C(=O)Nc2ccc3cnccc3c2)N(C)C)cc1. The summed E-state index contributed by atoms with van der Waals surface area (Å²) in [6.45, 7) is 4.33. The Kier molecular flexibility index (Phi) is 11.3. The second-order valence-electron chi connectivity index (χ2n) is 17.4. The first-order valence-electron chi connectivity index (χ1n) is 20.2. The molecular formula is C46H52FN3O9. The molecule has 1 amide bonds. The Morgan fingerprint density at radius 2 is 1.71 bits per heavy atom. The summed E-state index contributed by atoms with van der Waals surface area (Å²) in [5, 5.41) is 28.6. The van der Waals surface area contributed by atoms with Gasteiger partial charge >= 0.3 is 11.9 Å². The fraction of sp³-hybridized carbons (Fsp3) is 0.478. The van der Waals surface area contributed by atoms with E-state index in [2.05, 4.69) is 10.3 Å². The van der Waals surface area contributed by atoms with E-state index >= 15 is 4.39 Å². The van der Waals surface area contributed by atoms with Gasteiger partial charge in [0.1, 0.15) is 18.2 Å². The van der Waals surface area contributed by atoms with E-state index in [9.17, 15) is 34.2 Å². The van der Waals surface area contributed by atoms with E-state index in [1.54, 1.807) is 68.4 Å². The molecule has 4 aliphatic carbocycles. The van der Waals surface area contributed by atoms with Gasteiger partial charge in [0.25, 0.3) is 0 Å². The minimum absolute atomic E-state index is 0.0692. The number of halogens is 1. The molecule has 1 aromatic heterocycles. The Labute approximate surface area is 342 Å². The van der Waals surface area contributed by atoms with Crippen molar-refractivity contribution < 1.29 is 48.0 Å². The minimum atomic E-state index is -2.11. The van der Waals surface area contributed by atoms with Crippen molar-refractivity contribution in [3.8, 4) is 0 Å². The van der Waals surface area contributed by atoms with Gasteiger partial charge in [-0.3, -0.25) is 33.9 Å². The number of aliphatic hydroxyl groups is 2. The van der Waals surface area contributed by atoms with E-state index in [0.29, 0.717) is 36.1 Å². The first-order valence-corrected chi connectivity index (χ1v) is 20.2. The number of nitrogens with zero attached hydrogens (tertiary/aromatic N) is 2. The minimum Gasteiger partial charge on any atom is -0.461 e. The predicted octanol–water partition coefficient (Wildman–Crippen LogP) is 5.76. The zero-order chi connectivity index (χ0) is 42.5. The third-order valence-electron chi connectivity index (χ3n) is 13.9. The van der Waals surface area contributed by atoms with Crippen LogP contribution in [0.1, 0.15) is 76.5 Å². The van der Waals surface area contributed by atoms with Gasteiger partial charge < -0.3 is 25.0 Å². The number of fused-ring (bicyclic) bond motifs is 6. The number of hydrogen-bond acceptors (Lipinski definition) is 11. The molecule has 0 bridgehead atoms. The summed E-state index contributed by atoms with van der Waals surface area (Å²) < 4.78 is 28.1. The van der Waals surface area contributed by atoms with Gasteiger partial charge in [-0.05, 0) is 105 Å². The number of rotatable bonds is 12. The van der Waals surface area contributed by atoms with E-state index in [4.69, 9.17) is 9.47 Å². The van der Waals surface area contributed by atoms with Crippen LogP contribution in [-0.4, -0.2) is 87.6 Å². The average Bonchev–Trinajstić information content (AvgIpc) is 3.40. The number of alkyl halides is 1. The van der Waals surface area contributed by atoms with Crippen molar-refractivity contribution in [1.29, 1.82) is 0 Å². The molecule has 13 heteroatoms. The number of pyridine rings is 1. The Bertz CT molecular complexity index is 2240. The maximum Gasteiger partial charge on any atom is 0.306 e. The van der Waals surface area contributed by atoms with Crippen molar-refractivity contribution in [3.05, 3.63) is 95.9 Å². The van der Waals surface area contributed by atoms with Crippen molar-refractivity contribution >= 4 is 45.9 Å². The molecule has 0 radical (unpaired) electrons. The summed E-state index contributed by atoms with van der Waals surface area (Å²) in [7, 11) is 3.61. The van der Waals surface area contributed by atoms with Crippen LogP contribution in [0.2, 0.25) is 0 Å². The number of ether oxygens (including phenoxy) is 2. The lowest BCUT2D eigenvalue weighted by molar-refractivity contribution is -0.220. The van der Waals surface area contributed by atoms with Crippen LogP contribution >= 0.6 is 0 Å². The standard InChI is InChI=1S/C46H52FN3O9/c1-27-20-36-35-13-11-32-22-34(51)16-18-43(32,2)45(35,47)37(52)23-44(36,3)46(27,57)38(53)26-59-40(55)15-14-39(54)58-25-28-6-8-29(9-7-28)41(50(4)5)42(56)49-33-12-10-31-24-48-19-17-30(31)21-33/h6-10,12,16-19,21-22,24,27,35-37,41,52,57H,11,13-15,20,23,25-26H2,1-5H3,(H,49,56)/t27-,35+,36+,37+,41-,43+,44+,45+,46+/m1/s1.